The third kappa shape index (κ3) is 3.61. The molecule has 1 aromatic heterocycles. The highest BCUT2D eigenvalue weighted by Crippen LogP contribution is 2.30. The standard InChI is InChI=1S/C19H16N4O3/c24-17(12-9-10-12)21-15-8-4-5-13(11-15)16-22-19(26-23-16)18(25)20-14-6-2-1-3-7-14/h1-8,11-12H,9-10H2,(H,20,25)(H,21,24). The van der Waals surface area contributed by atoms with Gasteiger partial charge < -0.3 is 15.2 Å². The SMILES string of the molecule is O=C(Nc1ccccc1)c1nc(-c2cccc(NC(=O)C3CC3)c2)no1. The molecule has 130 valence electrons. The van der Waals surface area contributed by atoms with E-state index in [-0.39, 0.29) is 23.5 Å². The first-order valence-corrected chi connectivity index (χ1v) is 8.30. The summed E-state index contributed by atoms with van der Waals surface area (Å²) in [7, 11) is 0. The molecule has 7 heteroatoms. The molecule has 0 spiro atoms. The Morgan fingerprint density at radius 2 is 1.73 bits per heavy atom. The van der Waals surface area contributed by atoms with Gasteiger partial charge in [0.05, 0.1) is 0 Å². The minimum atomic E-state index is -0.479. The molecule has 1 aliphatic carbocycles. The summed E-state index contributed by atoms with van der Waals surface area (Å²) >= 11 is 0. The first kappa shape index (κ1) is 16.0. The Balaban J connectivity index is 1.48. The van der Waals surface area contributed by atoms with E-state index in [0.717, 1.165) is 12.8 Å². The lowest BCUT2D eigenvalue weighted by Crippen LogP contribution is -2.13. The largest absolute Gasteiger partial charge is 0.328 e. The van der Waals surface area contributed by atoms with Gasteiger partial charge in [-0.1, -0.05) is 35.5 Å². The molecule has 2 N–H and O–H groups in total. The number of rotatable bonds is 5. The van der Waals surface area contributed by atoms with Crippen LogP contribution in [0.1, 0.15) is 23.5 Å². The molecule has 26 heavy (non-hydrogen) atoms. The van der Waals surface area contributed by atoms with Crippen molar-refractivity contribution in [3.8, 4) is 11.4 Å². The van der Waals surface area contributed by atoms with Crippen LogP contribution in [-0.2, 0) is 4.79 Å². The zero-order chi connectivity index (χ0) is 17.9. The van der Waals surface area contributed by atoms with Crippen LogP contribution < -0.4 is 10.6 Å². The quantitative estimate of drug-likeness (QED) is 0.737. The minimum Gasteiger partial charge on any atom is -0.328 e. The minimum absolute atomic E-state index is 0.0261. The average molecular weight is 348 g/mol. The number of hydrogen-bond donors (Lipinski definition) is 2. The van der Waals surface area contributed by atoms with Crippen LogP contribution in [0.3, 0.4) is 0 Å². The van der Waals surface area contributed by atoms with Gasteiger partial charge in [0.15, 0.2) is 0 Å². The fraction of sp³-hybridized carbons (Fsp3) is 0.158. The molecule has 0 atom stereocenters. The van der Waals surface area contributed by atoms with Gasteiger partial charge in [-0.2, -0.15) is 4.98 Å². The van der Waals surface area contributed by atoms with Gasteiger partial charge in [0, 0.05) is 22.9 Å². The number of anilines is 2. The van der Waals surface area contributed by atoms with Gasteiger partial charge in [0.2, 0.25) is 11.7 Å². The summed E-state index contributed by atoms with van der Waals surface area (Å²) in [6.07, 6.45) is 1.88. The van der Waals surface area contributed by atoms with Crippen LogP contribution >= 0.6 is 0 Å². The molecule has 1 fully saturated rings. The Kier molecular flexibility index (Phi) is 4.18. The molecule has 2 aromatic carbocycles. The lowest BCUT2D eigenvalue weighted by molar-refractivity contribution is -0.117. The van der Waals surface area contributed by atoms with Gasteiger partial charge in [-0.3, -0.25) is 9.59 Å². The second kappa shape index (κ2) is 6.79. The predicted molar refractivity (Wildman–Crippen MR) is 95.5 cm³/mol. The third-order valence-electron chi connectivity index (χ3n) is 3.99. The number of amides is 2. The second-order valence-corrected chi connectivity index (χ2v) is 6.09. The summed E-state index contributed by atoms with van der Waals surface area (Å²) in [5.74, 6) is -0.176. The highest BCUT2D eigenvalue weighted by molar-refractivity contribution is 6.01. The van der Waals surface area contributed by atoms with Crippen LogP contribution in [0.2, 0.25) is 0 Å². The lowest BCUT2D eigenvalue weighted by Gasteiger charge is -2.04. The van der Waals surface area contributed by atoms with Gasteiger partial charge in [-0.25, -0.2) is 0 Å². The highest BCUT2D eigenvalue weighted by Gasteiger charge is 2.29. The molecule has 0 saturated heterocycles. The van der Waals surface area contributed by atoms with Gasteiger partial charge in [0.25, 0.3) is 0 Å². The Bertz CT molecular complexity index is 948. The first-order chi connectivity index (χ1) is 12.7. The van der Waals surface area contributed by atoms with E-state index in [1.165, 1.54) is 0 Å². The van der Waals surface area contributed by atoms with Crippen molar-refractivity contribution in [2.24, 2.45) is 5.92 Å². The zero-order valence-corrected chi connectivity index (χ0v) is 13.8. The van der Waals surface area contributed by atoms with E-state index in [9.17, 15) is 9.59 Å². The summed E-state index contributed by atoms with van der Waals surface area (Å²) in [6.45, 7) is 0. The molecule has 1 heterocycles. The smallest absolute Gasteiger partial charge is 0.316 e. The molecule has 1 aliphatic rings. The number of aromatic nitrogens is 2. The molecular weight excluding hydrogens is 332 g/mol. The van der Waals surface area contributed by atoms with Crippen molar-refractivity contribution >= 4 is 23.2 Å². The lowest BCUT2D eigenvalue weighted by atomic mass is 10.2. The number of carbonyl (C=O) groups excluding carboxylic acids is 2. The fourth-order valence-electron chi connectivity index (χ4n) is 2.46. The molecular formula is C19H16N4O3. The normalized spacial score (nSPS) is 13.2. The molecule has 4 rings (SSSR count). The number of nitrogens with zero attached hydrogens (tertiary/aromatic N) is 2. The van der Waals surface area contributed by atoms with Gasteiger partial charge >= 0.3 is 11.8 Å². The van der Waals surface area contributed by atoms with Crippen LogP contribution in [0.5, 0.6) is 0 Å². The summed E-state index contributed by atoms with van der Waals surface area (Å²) in [6, 6.07) is 16.1. The number of carbonyl (C=O) groups is 2. The molecule has 7 nitrogen and oxygen atoms in total. The van der Waals surface area contributed by atoms with Crippen molar-refractivity contribution < 1.29 is 14.1 Å². The van der Waals surface area contributed by atoms with Crippen LogP contribution in [0.15, 0.2) is 59.1 Å². The van der Waals surface area contributed by atoms with Crippen LogP contribution in [0, 0.1) is 5.92 Å². The van der Waals surface area contributed by atoms with Crippen molar-refractivity contribution in [2.45, 2.75) is 12.8 Å². The first-order valence-electron chi connectivity index (χ1n) is 8.30. The number of para-hydroxylation sites is 1. The van der Waals surface area contributed by atoms with E-state index in [2.05, 4.69) is 20.8 Å². The van der Waals surface area contributed by atoms with Crippen molar-refractivity contribution in [1.29, 1.82) is 0 Å². The summed E-state index contributed by atoms with van der Waals surface area (Å²) in [5.41, 5.74) is 1.96. The molecule has 0 unspecified atom stereocenters. The Hall–Kier alpha value is -3.48. The van der Waals surface area contributed by atoms with Crippen LogP contribution in [-0.4, -0.2) is 22.0 Å². The van der Waals surface area contributed by atoms with Crippen molar-refractivity contribution in [1.82, 2.24) is 10.1 Å². The van der Waals surface area contributed by atoms with Crippen molar-refractivity contribution in [3.05, 3.63) is 60.5 Å². The Morgan fingerprint density at radius 1 is 0.962 bits per heavy atom. The summed E-state index contributed by atoms with van der Waals surface area (Å²) in [5, 5.41) is 9.42. The van der Waals surface area contributed by atoms with E-state index in [0.29, 0.717) is 16.9 Å². The van der Waals surface area contributed by atoms with Gasteiger partial charge in [-0.15, -0.1) is 0 Å². The molecule has 0 bridgehead atoms. The molecule has 0 aliphatic heterocycles. The molecule has 0 radical (unpaired) electrons. The van der Waals surface area contributed by atoms with Gasteiger partial charge in [-0.05, 0) is 37.1 Å². The van der Waals surface area contributed by atoms with E-state index >= 15 is 0 Å². The third-order valence-corrected chi connectivity index (χ3v) is 3.99. The van der Waals surface area contributed by atoms with E-state index < -0.39 is 5.91 Å². The maximum Gasteiger partial charge on any atom is 0.316 e. The van der Waals surface area contributed by atoms with Gasteiger partial charge in [0.1, 0.15) is 0 Å². The maximum atomic E-state index is 12.2. The Labute approximate surface area is 149 Å². The molecule has 2 amide bonds. The second-order valence-electron chi connectivity index (χ2n) is 6.09. The van der Waals surface area contributed by atoms with E-state index in [4.69, 9.17) is 4.52 Å². The number of nitrogens with one attached hydrogen (secondary N) is 2. The average Bonchev–Trinajstić information content (AvgIpc) is 3.39. The van der Waals surface area contributed by atoms with Crippen LogP contribution in [0.25, 0.3) is 11.4 Å². The van der Waals surface area contributed by atoms with E-state index in [1.54, 1.807) is 36.4 Å². The monoisotopic (exact) mass is 348 g/mol. The van der Waals surface area contributed by atoms with Crippen molar-refractivity contribution in [3.63, 3.8) is 0 Å². The molecule has 3 aromatic rings. The molecule has 1 saturated carbocycles. The number of benzene rings is 2. The topological polar surface area (TPSA) is 97.1 Å². The van der Waals surface area contributed by atoms with Crippen LogP contribution in [0.4, 0.5) is 11.4 Å². The van der Waals surface area contributed by atoms with E-state index in [1.807, 2.05) is 18.2 Å². The fourth-order valence-corrected chi connectivity index (χ4v) is 2.46. The zero-order valence-electron chi connectivity index (χ0n) is 13.8. The maximum absolute atomic E-state index is 12.2. The number of hydrogen-bond acceptors (Lipinski definition) is 5. The summed E-state index contributed by atoms with van der Waals surface area (Å²) < 4.78 is 5.06. The predicted octanol–water partition coefficient (Wildman–Crippen LogP) is 3.34. The summed E-state index contributed by atoms with van der Waals surface area (Å²) in [4.78, 5) is 28.2. The van der Waals surface area contributed by atoms with Crippen molar-refractivity contribution in [2.75, 3.05) is 10.6 Å². The highest BCUT2D eigenvalue weighted by atomic mass is 16.5. The Morgan fingerprint density at radius 3 is 2.50 bits per heavy atom.